The number of carbonyl (C=O) groups is 1. The minimum Gasteiger partial charge on any atom is -0.376 e. The molecule has 3 nitrogen and oxygen atoms in total. The van der Waals surface area contributed by atoms with E-state index in [1.54, 1.807) is 0 Å². The fourth-order valence-electron chi connectivity index (χ4n) is 2.51. The molecule has 96 valence electrons. The Bertz CT molecular complexity index is 398. The number of hydrogen-bond donors (Lipinski definition) is 2. The molecule has 0 aromatic heterocycles. The molecule has 0 heterocycles. The maximum absolute atomic E-state index is 11.9. The SMILES string of the molecule is O=C(CNc1ccccc1)NC(C1CC1)C1CC1. The molecule has 0 radical (unpaired) electrons. The topological polar surface area (TPSA) is 41.1 Å². The van der Waals surface area contributed by atoms with Gasteiger partial charge in [-0.2, -0.15) is 0 Å². The highest BCUT2D eigenvalue weighted by Gasteiger charge is 2.42. The summed E-state index contributed by atoms with van der Waals surface area (Å²) >= 11 is 0. The molecule has 2 fully saturated rings. The zero-order chi connectivity index (χ0) is 12.4. The predicted octanol–water partition coefficient (Wildman–Crippen LogP) is 2.40. The standard InChI is InChI=1S/C15H20N2O/c18-14(10-16-13-4-2-1-3-5-13)17-15(11-6-7-11)12-8-9-12/h1-5,11-12,15-16H,6-10H2,(H,17,18). The zero-order valence-electron chi connectivity index (χ0n) is 10.6. The Balaban J connectivity index is 1.46. The lowest BCUT2D eigenvalue weighted by molar-refractivity contribution is -0.120. The fraction of sp³-hybridized carbons (Fsp3) is 0.533. The minimum absolute atomic E-state index is 0.127. The molecule has 0 bridgehead atoms. The highest BCUT2D eigenvalue weighted by atomic mass is 16.2. The van der Waals surface area contributed by atoms with Crippen molar-refractivity contribution >= 4 is 11.6 Å². The first-order chi connectivity index (χ1) is 8.83. The maximum Gasteiger partial charge on any atom is 0.239 e. The van der Waals surface area contributed by atoms with Crippen LogP contribution in [0.15, 0.2) is 30.3 Å². The van der Waals surface area contributed by atoms with Gasteiger partial charge in [0.05, 0.1) is 6.54 Å². The molecule has 0 unspecified atom stereocenters. The van der Waals surface area contributed by atoms with Crippen LogP contribution in [0.1, 0.15) is 25.7 Å². The second-order valence-corrected chi connectivity index (χ2v) is 5.49. The lowest BCUT2D eigenvalue weighted by Crippen LogP contribution is -2.41. The lowest BCUT2D eigenvalue weighted by atomic mass is 10.1. The van der Waals surface area contributed by atoms with Gasteiger partial charge in [-0.1, -0.05) is 18.2 Å². The van der Waals surface area contributed by atoms with E-state index in [0.29, 0.717) is 12.6 Å². The fourth-order valence-corrected chi connectivity index (χ4v) is 2.51. The third-order valence-corrected chi connectivity index (χ3v) is 3.81. The molecule has 3 heteroatoms. The molecule has 0 aliphatic heterocycles. The molecule has 0 spiro atoms. The third-order valence-electron chi connectivity index (χ3n) is 3.81. The molecule has 0 atom stereocenters. The van der Waals surface area contributed by atoms with E-state index in [0.717, 1.165) is 17.5 Å². The summed E-state index contributed by atoms with van der Waals surface area (Å²) in [5, 5.41) is 6.37. The molecule has 1 aromatic rings. The van der Waals surface area contributed by atoms with E-state index in [9.17, 15) is 4.79 Å². The van der Waals surface area contributed by atoms with E-state index >= 15 is 0 Å². The summed E-state index contributed by atoms with van der Waals surface area (Å²) in [6.45, 7) is 0.375. The van der Waals surface area contributed by atoms with Gasteiger partial charge in [0, 0.05) is 11.7 Å². The summed E-state index contributed by atoms with van der Waals surface area (Å²) in [6.07, 6.45) is 5.20. The first-order valence-electron chi connectivity index (χ1n) is 6.91. The van der Waals surface area contributed by atoms with Crippen LogP contribution in [0.4, 0.5) is 5.69 Å². The summed E-state index contributed by atoms with van der Waals surface area (Å²) < 4.78 is 0. The predicted molar refractivity (Wildman–Crippen MR) is 72.3 cm³/mol. The van der Waals surface area contributed by atoms with E-state index in [1.165, 1.54) is 25.7 Å². The van der Waals surface area contributed by atoms with Crippen LogP contribution < -0.4 is 10.6 Å². The minimum atomic E-state index is 0.127. The van der Waals surface area contributed by atoms with Crippen molar-refractivity contribution in [1.29, 1.82) is 0 Å². The number of hydrogen-bond acceptors (Lipinski definition) is 2. The lowest BCUT2D eigenvalue weighted by Gasteiger charge is -2.18. The summed E-state index contributed by atoms with van der Waals surface area (Å²) in [5.41, 5.74) is 1.00. The monoisotopic (exact) mass is 244 g/mol. The molecule has 3 rings (SSSR count). The highest BCUT2D eigenvalue weighted by molar-refractivity contribution is 5.81. The van der Waals surface area contributed by atoms with Crippen LogP contribution in [0, 0.1) is 11.8 Å². The maximum atomic E-state index is 11.9. The Morgan fingerprint density at radius 1 is 1.11 bits per heavy atom. The number of nitrogens with one attached hydrogen (secondary N) is 2. The van der Waals surface area contributed by atoms with Crippen molar-refractivity contribution in [2.45, 2.75) is 31.7 Å². The average Bonchev–Trinajstić information content (AvgIpc) is 3.28. The van der Waals surface area contributed by atoms with Gasteiger partial charge in [0.15, 0.2) is 0 Å². The van der Waals surface area contributed by atoms with E-state index < -0.39 is 0 Å². The number of benzene rings is 1. The molecule has 2 saturated carbocycles. The van der Waals surface area contributed by atoms with Crippen molar-refractivity contribution in [3.05, 3.63) is 30.3 Å². The van der Waals surface area contributed by atoms with Crippen LogP contribution in [0.25, 0.3) is 0 Å². The van der Waals surface area contributed by atoms with Crippen LogP contribution >= 0.6 is 0 Å². The zero-order valence-corrected chi connectivity index (χ0v) is 10.6. The van der Waals surface area contributed by atoms with Crippen LogP contribution in [0.3, 0.4) is 0 Å². The third kappa shape index (κ3) is 3.03. The van der Waals surface area contributed by atoms with Crippen molar-refractivity contribution in [1.82, 2.24) is 5.32 Å². The first-order valence-corrected chi connectivity index (χ1v) is 6.91. The molecule has 18 heavy (non-hydrogen) atoms. The molecule has 2 aliphatic carbocycles. The Morgan fingerprint density at radius 3 is 2.28 bits per heavy atom. The molecule has 1 amide bonds. The van der Waals surface area contributed by atoms with Crippen LogP contribution in [-0.4, -0.2) is 18.5 Å². The van der Waals surface area contributed by atoms with Crippen molar-refractivity contribution in [2.24, 2.45) is 11.8 Å². The molecule has 0 saturated heterocycles. The Labute approximate surface area is 108 Å². The Kier molecular flexibility index (Phi) is 3.22. The van der Waals surface area contributed by atoms with Crippen LogP contribution in [0.5, 0.6) is 0 Å². The van der Waals surface area contributed by atoms with Gasteiger partial charge in [-0.3, -0.25) is 4.79 Å². The summed E-state index contributed by atoms with van der Waals surface area (Å²) in [4.78, 5) is 11.9. The van der Waals surface area contributed by atoms with Gasteiger partial charge in [0.25, 0.3) is 0 Å². The summed E-state index contributed by atoms with van der Waals surface area (Å²) in [7, 11) is 0. The van der Waals surface area contributed by atoms with Crippen LogP contribution in [-0.2, 0) is 4.79 Å². The van der Waals surface area contributed by atoms with E-state index in [-0.39, 0.29) is 5.91 Å². The number of rotatable bonds is 6. The van der Waals surface area contributed by atoms with Gasteiger partial charge < -0.3 is 10.6 Å². The Hall–Kier alpha value is -1.51. The number of carbonyl (C=O) groups excluding carboxylic acids is 1. The quantitative estimate of drug-likeness (QED) is 0.807. The summed E-state index contributed by atoms with van der Waals surface area (Å²) in [6, 6.07) is 10.3. The first kappa shape index (κ1) is 11.6. The van der Waals surface area contributed by atoms with Gasteiger partial charge in [0.2, 0.25) is 5.91 Å². The number of amides is 1. The normalized spacial score (nSPS) is 18.7. The second kappa shape index (κ2) is 5.01. The molecular formula is C15H20N2O. The van der Waals surface area contributed by atoms with Crippen LogP contribution in [0.2, 0.25) is 0 Å². The number of para-hydroxylation sites is 1. The second-order valence-electron chi connectivity index (χ2n) is 5.49. The average molecular weight is 244 g/mol. The van der Waals surface area contributed by atoms with E-state index in [4.69, 9.17) is 0 Å². The summed E-state index contributed by atoms with van der Waals surface area (Å²) in [5.74, 6) is 1.65. The largest absolute Gasteiger partial charge is 0.376 e. The van der Waals surface area contributed by atoms with Crippen molar-refractivity contribution in [3.63, 3.8) is 0 Å². The van der Waals surface area contributed by atoms with Crippen molar-refractivity contribution in [2.75, 3.05) is 11.9 Å². The number of anilines is 1. The van der Waals surface area contributed by atoms with E-state index in [2.05, 4.69) is 10.6 Å². The molecule has 2 aliphatic rings. The highest BCUT2D eigenvalue weighted by Crippen LogP contribution is 2.44. The Morgan fingerprint density at radius 2 is 1.72 bits per heavy atom. The smallest absolute Gasteiger partial charge is 0.239 e. The van der Waals surface area contributed by atoms with Crippen molar-refractivity contribution in [3.8, 4) is 0 Å². The van der Waals surface area contributed by atoms with Gasteiger partial charge in [-0.05, 0) is 49.7 Å². The van der Waals surface area contributed by atoms with E-state index in [1.807, 2.05) is 30.3 Å². The molecular weight excluding hydrogens is 224 g/mol. The van der Waals surface area contributed by atoms with Gasteiger partial charge >= 0.3 is 0 Å². The molecule has 2 N–H and O–H groups in total. The van der Waals surface area contributed by atoms with Gasteiger partial charge in [0.1, 0.15) is 0 Å². The molecule has 1 aromatic carbocycles. The van der Waals surface area contributed by atoms with Gasteiger partial charge in [-0.15, -0.1) is 0 Å². The van der Waals surface area contributed by atoms with Gasteiger partial charge in [-0.25, -0.2) is 0 Å². The van der Waals surface area contributed by atoms with Crippen molar-refractivity contribution < 1.29 is 4.79 Å².